The summed E-state index contributed by atoms with van der Waals surface area (Å²) in [4.78, 5) is 47.1. The van der Waals surface area contributed by atoms with Gasteiger partial charge in [-0.25, -0.2) is 4.79 Å². The van der Waals surface area contributed by atoms with Crippen LogP contribution in [-0.4, -0.2) is 38.9 Å². The van der Waals surface area contributed by atoms with Gasteiger partial charge in [-0.15, -0.1) is 0 Å². The molecule has 0 fully saturated rings. The molecule has 98 valence electrons. The number of aliphatic carboxylic acids is 1. The minimum absolute atomic E-state index is 1.01. The molecule has 0 spiro atoms. The summed E-state index contributed by atoms with van der Waals surface area (Å²) in [5.74, 6) is -4.43. The molecule has 1 heterocycles. The Hall–Kier alpha value is -2.33. The number of halogens is 1. The largest absolute Gasteiger partial charge is 0.480 e. The Morgan fingerprint density at radius 1 is 1.17 bits per heavy atom. The molecule has 0 radical (unpaired) electrons. The van der Waals surface area contributed by atoms with Crippen molar-refractivity contribution in [3.8, 4) is 0 Å². The molecule has 0 aliphatic carbocycles. The lowest BCUT2D eigenvalue weighted by molar-refractivity contribution is -0.138. The van der Waals surface area contributed by atoms with Crippen molar-refractivity contribution in [2.75, 3.05) is 0 Å². The van der Waals surface area contributed by atoms with Gasteiger partial charge in [-0.1, -0.05) is 0 Å². The van der Waals surface area contributed by atoms with Crippen LogP contribution in [0.15, 0.2) is 9.59 Å². The molecular formula is C8H9FN4O5. The van der Waals surface area contributed by atoms with Crippen molar-refractivity contribution in [3.05, 3.63) is 32.3 Å². The van der Waals surface area contributed by atoms with Gasteiger partial charge in [0.15, 0.2) is 0 Å². The summed E-state index contributed by atoms with van der Waals surface area (Å²) in [5, 5.41) is 8.54. The van der Waals surface area contributed by atoms with Gasteiger partial charge < -0.3 is 21.6 Å². The fourth-order valence-electron chi connectivity index (χ4n) is 1.12. The van der Waals surface area contributed by atoms with Crippen molar-refractivity contribution in [1.82, 2.24) is 9.97 Å². The molecule has 1 unspecified atom stereocenters. The van der Waals surface area contributed by atoms with Gasteiger partial charge in [-0.2, -0.15) is 4.39 Å². The Kier molecular flexibility index (Phi) is 3.73. The maximum absolute atomic E-state index is 13.3. The van der Waals surface area contributed by atoms with Crippen LogP contribution in [0.2, 0.25) is 0 Å². The van der Waals surface area contributed by atoms with Crippen LogP contribution in [-0.2, 0) is 4.79 Å². The van der Waals surface area contributed by atoms with E-state index in [-0.39, 0.29) is 0 Å². The highest BCUT2D eigenvalue weighted by Crippen LogP contribution is 2.02. The number of nitrogens with two attached hydrogens (primary N) is 2. The second-order valence-corrected chi connectivity index (χ2v) is 3.35. The second-order valence-electron chi connectivity index (χ2n) is 3.35. The summed E-state index contributed by atoms with van der Waals surface area (Å²) < 4.78 is 13.3. The summed E-state index contributed by atoms with van der Waals surface area (Å²) in [7, 11) is 0. The average Bonchev–Trinajstić information content (AvgIpc) is 2.30. The first-order valence-corrected chi connectivity index (χ1v) is 4.56. The van der Waals surface area contributed by atoms with Crippen molar-refractivity contribution >= 4 is 11.8 Å². The second kappa shape index (κ2) is 4.89. The van der Waals surface area contributed by atoms with Crippen LogP contribution < -0.4 is 22.7 Å². The summed E-state index contributed by atoms with van der Waals surface area (Å²) >= 11 is 0. The normalized spacial score (nSPS) is 13.9. The molecule has 0 aliphatic rings. The molecule has 2 atom stereocenters. The highest BCUT2D eigenvalue weighted by atomic mass is 19.1. The quantitative estimate of drug-likeness (QED) is 0.361. The number of nitrogens with one attached hydrogen (secondary N) is 2. The topological polar surface area (TPSA) is 172 Å². The molecule has 10 heteroatoms. The Balaban J connectivity index is 3.24. The third-order valence-electron chi connectivity index (χ3n) is 2.11. The van der Waals surface area contributed by atoms with Gasteiger partial charge in [0.05, 0.1) is 6.04 Å². The smallest absolute Gasteiger partial charge is 0.326 e. The molecule has 1 aromatic rings. The number of hydrogen-bond donors (Lipinski definition) is 5. The molecule has 1 aromatic heterocycles. The SMILES string of the molecule is NC(C(=O)c1[nH]c(=O)[nH]c(=O)c1F)[C@H](N)C(=O)O. The zero-order chi connectivity index (χ0) is 14.0. The lowest BCUT2D eigenvalue weighted by atomic mass is 10.0. The van der Waals surface area contributed by atoms with E-state index in [0.717, 1.165) is 0 Å². The van der Waals surface area contributed by atoms with Crippen molar-refractivity contribution < 1.29 is 19.1 Å². The third kappa shape index (κ3) is 2.49. The van der Waals surface area contributed by atoms with Crippen LogP contribution in [0.4, 0.5) is 4.39 Å². The molecule has 0 aliphatic heterocycles. The minimum Gasteiger partial charge on any atom is -0.480 e. The summed E-state index contributed by atoms with van der Waals surface area (Å²) in [6, 6.07) is -3.59. The van der Waals surface area contributed by atoms with Crippen molar-refractivity contribution in [1.29, 1.82) is 0 Å². The highest BCUT2D eigenvalue weighted by molar-refractivity contribution is 6.01. The molecule has 0 saturated heterocycles. The van der Waals surface area contributed by atoms with Gasteiger partial charge in [-0.05, 0) is 0 Å². The van der Waals surface area contributed by atoms with Gasteiger partial charge in [0.25, 0.3) is 5.56 Å². The number of hydrogen-bond acceptors (Lipinski definition) is 6. The van der Waals surface area contributed by atoms with E-state index in [4.69, 9.17) is 16.6 Å². The molecule has 9 nitrogen and oxygen atoms in total. The number of carboxylic acids is 1. The first-order chi connectivity index (χ1) is 8.25. The maximum atomic E-state index is 13.3. The Bertz CT molecular complexity index is 606. The molecule has 1 rings (SSSR count). The standard InChI is InChI=1S/C8H9FN4O5/c9-1-4(12-8(18)13-6(1)15)5(14)2(10)3(11)7(16)17/h2-3H,10-11H2,(H,16,17)(H2,12,13,15,18)/t2?,3-/m0/s1. The van der Waals surface area contributed by atoms with Crippen molar-refractivity contribution in [2.24, 2.45) is 11.5 Å². The zero-order valence-corrected chi connectivity index (χ0v) is 8.77. The number of aromatic amines is 2. The van der Waals surface area contributed by atoms with E-state index in [1.165, 1.54) is 0 Å². The number of carboxylic acid groups (broad SMARTS) is 1. The minimum atomic E-state index is -1.80. The van der Waals surface area contributed by atoms with Crippen LogP contribution >= 0.6 is 0 Å². The fraction of sp³-hybridized carbons (Fsp3) is 0.250. The van der Waals surface area contributed by atoms with E-state index in [0.29, 0.717) is 0 Å². The van der Waals surface area contributed by atoms with Crippen LogP contribution in [0.5, 0.6) is 0 Å². The van der Waals surface area contributed by atoms with Crippen LogP contribution in [0.25, 0.3) is 0 Å². The van der Waals surface area contributed by atoms with E-state index in [2.05, 4.69) is 0 Å². The van der Waals surface area contributed by atoms with E-state index < -0.39 is 46.6 Å². The average molecular weight is 260 g/mol. The lowest BCUT2D eigenvalue weighted by Crippen LogP contribution is -2.52. The number of carbonyl (C=O) groups excluding carboxylic acids is 1. The first kappa shape index (κ1) is 13.7. The summed E-state index contributed by atoms with van der Waals surface area (Å²) in [5.41, 5.74) is 6.74. The molecule has 0 aromatic carbocycles. The van der Waals surface area contributed by atoms with Crippen molar-refractivity contribution in [2.45, 2.75) is 12.1 Å². The van der Waals surface area contributed by atoms with Crippen molar-refractivity contribution in [3.63, 3.8) is 0 Å². The molecular weight excluding hydrogens is 251 g/mol. The Labute approximate surface area is 97.6 Å². The number of ketones is 1. The number of carbonyl (C=O) groups is 2. The van der Waals surface area contributed by atoms with E-state index >= 15 is 0 Å². The number of aromatic nitrogens is 2. The molecule has 18 heavy (non-hydrogen) atoms. The molecule has 0 bridgehead atoms. The van der Waals surface area contributed by atoms with Gasteiger partial charge >= 0.3 is 11.7 Å². The number of rotatable bonds is 4. The fourth-order valence-corrected chi connectivity index (χ4v) is 1.12. The van der Waals surface area contributed by atoms with E-state index in [9.17, 15) is 23.6 Å². The molecule has 0 amide bonds. The summed E-state index contributed by atoms with van der Waals surface area (Å²) in [6.07, 6.45) is 0. The zero-order valence-electron chi connectivity index (χ0n) is 8.77. The van der Waals surface area contributed by atoms with Gasteiger partial charge in [0, 0.05) is 0 Å². The lowest BCUT2D eigenvalue weighted by Gasteiger charge is -2.14. The molecule has 0 saturated carbocycles. The monoisotopic (exact) mass is 260 g/mol. The third-order valence-corrected chi connectivity index (χ3v) is 2.11. The first-order valence-electron chi connectivity index (χ1n) is 4.56. The van der Waals surface area contributed by atoms with E-state index in [1.54, 1.807) is 9.97 Å². The van der Waals surface area contributed by atoms with Crippen LogP contribution in [0, 0.1) is 5.82 Å². The van der Waals surface area contributed by atoms with Crippen LogP contribution in [0.1, 0.15) is 10.5 Å². The van der Waals surface area contributed by atoms with E-state index in [1.807, 2.05) is 0 Å². The Morgan fingerprint density at radius 3 is 2.22 bits per heavy atom. The number of Topliss-reactive ketones (excluding diaryl/α,β-unsaturated/α-hetero) is 1. The van der Waals surface area contributed by atoms with Gasteiger partial charge in [-0.3, -0.25) is 19.4 Å². The number of H-pyrrole nitrogens is 2. The molecule has 7 N–H and O–H groups in total. The predicted octanol–water partition coefficient (Wildman–Crippen LogP) is -2.88. The summed E-state index contributed by atoms with van der Waals surface area (Å²) in [6.45, 7) is 0. The Morgan fingerprint density at radius 2 is 1.72 bits per heavy atom. The van der Waals surface area contributed by atoms with Gasteiger partial charge in [0.2, 0.25) is 11.6 Å². The maximum Gasteiger partial charge on any atom is 0.326 e. The highest BCUT2D eigenvalue weighted by Gasteiger charge is 2.30. The van der Waals surface area contributed by atoms with Gasteiger partial charge in [0.1, 0.15) is 11.7 Å². The predicted molar refractivity (Wildman–Crippen MR) is 55.6 cm³/mol. The van der Waals surface area contributed by atoms with Crippen LogP contribution in [0.3, 0.4) is 0 Å².